The van der Waals surface area contributed by atoms with Gasteiger partial charge in [0.05, 0.1) is 12.2 Å². The minimum Gasteiger partial charge on any atom is -0.478 e. The second kappa shape index (κ2) is 5.63. The number of anilines is 1. The Bertz CT molecular complexity index is 635. The molecule has 0 fully saturated rings. The van der Waals surface area contributed by atoms with Crippen LogP contribution in [0.3, 0.4) is 0 Å². The zero-order valence-electron chi connectivity index (χ0n) is 11.0. The van der Waals surface area contributed by atoms with Crippen LogP contribution in [-0.2, 0) is 6.61 Å². The van der Waals surface area contributed by atoms with Crippen molar-refractivity contribution in [1.82, 2.24) is 0 Å². The number of nitrogens with two attached hydrogens (primary N) is 1. The molecule has 0 saturated carbocycles. The number of aromatic carboxylic acids is 1. The normalized spacial score (nSPS) is 10.3. The van der Waals surface area contributed by atoms with E-state index in [1.54, 1.807) is 37.3 Å². The Hall–Kier alpha value is -2.53. The molecule has 0 saturated heterocycles. The topological polar surface area (TPSA) is 92.8 Å². The largest absolute Gasteiger partial charge is 0.478 e. The number of aryl methyl sites for hydroxylation is 1. The number of rotatable bonds is 4. The highest BCUT2D eigenvalue weighted by Crippen LogP contribution is 2.28. The van der Waals surface area contributed by atoms with Crippen molar-refractivity contribution in [2.45, 2.75) is 13.5 Å². The van der Waals surface area contributed by atoms with Gasteiger partial charge in [0.1, 0.15) is 11.5 Å². The fourth-order valence-corrected chi connectivity index (χ4v) is 1.80. The average molecular weight is 273 g/mol. The molecule has 0 unspecified atom stereocenters. The third kappa shape index (κ3) is 2.89. The van der Waals surface area contributed by atoms with Gasteiger partial charge in [-0.2, -0.15) is 0 Å². The van der Waals surface area contributed by atoms with Crippen LogP contribution in [0.25, 0.3) is 0 Å². The van der Waals surface area contributed by atoms with E-state index in [-0.39, 0.29) is 17.9 Å². The van der Waals surface area contributed by atoms with Gasteiger partial charge < -0.3 is 20.7 Å². The molecule has 0 atom stereocenters. The van der Waals surface area contributed by atoms with Crippen LogP contribution < -0.4 is 10.5 Å². The number of nitrogen functional groups attached to an aromatic ring is 1. The Morgan fingerprint density at radius 3 is 2.40 bits per heavy atom. The lowest BCUT2D eigenvalue weighted by Gasteiger charge is -2.10. The number of carboxylic acid groups (broad SMARTS) is 1. The fourth-order valence-electron chi connectivity index (χ4n) is 1.80. The maximum absolute atomic E-state index is 11.1. The summed E-state index contributed by atoms with van der Waals surface area (Å²) in [5.41, 5.74) is 7.40. The van der Waals surface area contributed by atoms with Crippen molar-refractivity contribution in [1.29, 1.82) is 0 Å². The van der Waals surface area contributed by atoms with Crippen molar-refractivity contribution in [3.63, 3.8) is 0 Å². The molecule has 5 heteroatoms. The van der Waals surface area contributed by atoms with E-state index in [0.717, 1.165) is 5.56 Å². The lowest BCUT2D eigenvalue weighted by molar-refractivity contribution is 0.0697. The second-order valence-corrected chi connectivity index (χ2v) is 4.41. The molecule has 0 radical (unpaired) electrons. The molecule has 0 bridgehead atoms. The number of ether oxygens (including phenoxy) is 1. The third-order valence-electron chi connectivity index (χ3n) is 2.93. The van der Waals surface area contributed by atoms with Crippen LogP contribution in [0.2, 0.25) is 0 Å². The fraction of sp³-hybridized carbons (Fsp3) is 0.133. The average Bonchev–Trinajstić information content (AvgIpc) is 2.43. The van der Waals surface area contributed by atoms with Gasteiger partial charge in [-0.3, -0.25) is 0 Å². The highest BCUT2D eigenvalue weighted by Gasteiger charge is 2.12. The zero-order valence-corrected chi connectivity index (χ0v) is 11.0. The summed E-state index contributed by atoms with van der Waals surface area (Å²) in [6, 6.07) is 9.96. The number of carbonyl (C=O) groups is 1. The van der Waals surface area contributed by atoms with Crippen LogP contribution in [0.1, 0.15) is 21.5 Å². The van der Waals surface area contributed by atoms with Crippen LogP contribution in [0.15, 0.2) is 36.4 Å². The van der Waals surface area contributed by atoms with Crippen LogP contribution in [0.5, 0.6) is 11.5 Å². The summed E-state index contributed by atoms with van der Waals surface area (Å²) >= 11 is 0. The first-order valence-corrected chi connectivity index (χ1v) is 6.02. The van der Waals surface area contributed by atoms with E-state index in [9.17, 15) is 4.79 Å². The van der Waals surface area contributed by atoms with Crippen LogP contribution in [0, 0.1) is 6.92 Å². The van der Waals surface area contributed by atoms with Gasteiger partial charge in [0.2, 0.25) is 0 Å². The molecule has 0 heterocycles. The van der Waals surface area contributed by atoms with Crippen LogP contribution >= 0.6 is 0 Å². The third-order valence-corrected chi connectivity index (χ3v) is 2.93. The van der Waals surface area contributed by atoms with Gasteiger partial charge in [-0.1, -0.05) is 12.1 Å². The summed E-state index contributed by atoms with van der Waals surface area (Å²) in [7, 11) is 0. The standard InChI is InChI=1S/C15H15NO4/c1-9-6-12(7-13(14(9)16)15(18)19)20-11-4-2-10(8-17)3-5-11/h2-7,17H,8,16H2,1H3,(H,18,19). The number of benzene rings is 2. The van der Waals surface area contributed by atoms with E-state index < -0.39 is 5.97 Å². The smallest absolute Gasteiger partial charge is 0.337 e. The quantitative estimate of drug-likeness (QED) is 0.744. The van der Waals surface area contributed by atoms with Crippen molar-refractivity contribution in [2.24, 2.45) is 0 Å². The molecule has 0 aliphatic rings. The maximum atomic E-state index is 11.1. The summed E-state index contributed by atoms with van der Waals surface area (Å²) in [4.78, 5) is 11.1. The summed E-state index contributed by atoms with van der Waals surface area (Å²) < 4.78 is 5.60. The van der Waals surface area contributed by atoms with E-state index in [1.807, 2.05) is 0 Å². The molecule has 0 spiro atoms. The number of hydrogen-bond acceptors (Lipinski definition) is 4. The molecule has 0 amide bonds. The van der Waals surface area contributed by atoms with Crippen molar-refractivity contribution in [3.05, 3.63) is 53.1 Å². The molecule has 4 N–H and O–H groups in total. The minimum absolute atomic E-state index is 0.0204. The molecule has 0 aliphatic carbocycles. The first-order valence-electron chi connectivity index (χ1n) is 6.02. The highest BCUT2D eigenvalue weighted by molar-refractivity contribution is 5.95. The van der Waals surface area contributed by atoms with E-state index in [2.05, 4.69) is 0 Å². The number of aliphatic hydroxyl groups is 1. The molecule has 0 aliphatic heterocycles. The Morgan fingerprint density at radius 1 is 1.20 bits per heavy atom. The van der Waals surface area contributed by atoms with Gasteiger partial charge in [0.15, 0.2) is 0 Å². The Balaban J connectivity index is 2.31. The summed E-state index contributed by atoms with van der Waals surface area (Å²) in [5.74, 6) is -0.125. The minimum atomic E-state index is -1.09. The van der Waals surface area contributed by atoms with Gasteiger partial charge in [-0.15, -0.1) is 0 Å². The highest BCUT2D eigenvalue weighted by atomic mass is 16.5. The molecule has 5 nitrogen and oxygen atoms in total. The molecule has 2 aromatic carbocycles. The van der Waals surface area contributed by atoms with Crippen molar-refractivity contribution in [3.8, 4) is 11.5 Å². The predicted molar refractivity (Wildman–Crippen MR) is 75.0 cm³/mol. The van der Waals surface area contributed by atoms with Gasteiger partial charge >= 0.3 is 5.97 Å². The van der Waals surface area contributed by atoms with Gasteiger partial charge in [0.25, 0.3) is 0 Å². The molecule has 2 rings (SSSR count). The number of aliphatic hydroxyl groups excluding tert-OH is 1. The molecular weight excluding hydrogens is 258 g/mol. The number of hydrogen-bond donors (Lipinski definition) is 3. The van der Waals surface area contributed by atoms with Gasteiger partial charge in [-0.05, 0) is 42.3 Å². The predicted octanol–water partition coefficient (Wildman–Crippen LogP) is 2.56. The zero-order chi connectivity index (χ0) is 14.7. The van der Waals surface area contributed by atoms with Crippen molar-refractivity contribution < 1.29 is 19.7 Å². The Labute approximate surface area is 116 Å². The van der Waals surface area contributed by atoms with Crippen LogP contribution in [-0.4, -0.2) is 16.2 Å². The number of carboxylic acids is 1. The molecule has 0 aromatic heterocycles. The lowest BCUT2D eigenvalue weighted by atomic mass is 10.1. The molecular formula is C15H15NO4. The lowest BCUT2D eigenvalue weighted by Crippen LogP contribution is -2.04. The van der Waals surface area contributed by atoms with E-state index in [0.29, 0.717) is 17.1 Å². The van der Waals surface area contributed by atoms with Crippen molar-refractivity contribution >= 4 is 11.7 Å². The van der Waals surface area contributed by atoms with E-state index in [1.165, 1.54) is 6.07 Å². The monoisotopic (exact) mass is 273 g/mol. The summed E-state index contributed by atoms with van der Waals surface area (Å²) in [6.07, 6.45) is 0. The van der Waals surface area contributed by atoms with E-state index in [4.69, 9.17) is 20.7 Å². The van der Waals surface area contributed by atoms with Gasteiger partial charge in [0, 0.05) is 5.69 Å². The Morgan fingerprint density at radius 2 is 1.85 bits per heavy atom. The molecule has 20 heavy (non-hydrogen) atoms. The van der Waals surface area contributed by atoms with Gasteiger partial charge in [-0.25, -0.2) is 4.79 Å². The van der Waals surface area contributed by atoms with Crippen molar-refractivity contribution in [2.75, 3.05) is 5.73 Å². The molecule has 2 aromatic rings. The second-order valence-electron chi connectivity index (χ2n) is 4.41. The van der Waals surface area contributed by atoms with Crippen LogP contribution in [0.4, 0.5) is 5.69 Å². The first-order chi connectivity index (χ1) is 9.51. The summed E-state index contributed by atoms with van der Waals surface area (Å²) in [5, 5.41) is 18.0. The Kier molecular flexibility index (Phi) is 3.91. The maximum Gasteiger partial charge on any atom is 0.337 e. The summed E-state index contributed by atoms with van der Waals surface area (Å²) in [6.45, 7) is 1.69. The first kappa shape index (κ1) is 13.9. The SMILES string of the molecule is Cc1cc(Oc2ccc(CO)cc2)cc(C(=O)O)c1N. The molecule has 104 valence electrons. The van der Waals surface area contributed by atoms with E-state index >= 15 is 0 Å².